The first-order chi connectivity index (χ1) is 11.7. The van der Waals surface area contributed by atoms with Crippen molar-refractivity contribution in [2.75, 3.05) is 7.05 Å². The summed E-state index contributed by atoms with van der Waals surface area (Å²) >= 11 is 0. The number of aryl methyl sites for hydroxylation is 1. The van der Waals surface area contributed by atoms with Crippen LogP contribution in [0.2, 0.25) is 0 Å². The number of hydrogen-bond acceptors (Lipinski definition) is 3. The lowest BCUT2D eigenvalue weighted by Gasteiger charge is -2.24. The molecule has 0 spiro atoms. The van der Waals surface area contributed by atoms with Crippen LogP contribution in [0.4, 0.5) is 0 Å². The van der Waals surface area contributed by atoms with Crippen LogP contribution in [0.3, 0.4) is 0 Å². The molecule has 24 heavy (non-hydrogen) atoms. The molecule has 0 N–H and O–H groups in total. The van der Waals surface area contributed by atoms with Gasteiger partial charge in [-0.05, 0) is 36.1 Å². The number of carbonyl (C=O) groups is 1. The first-order valence-electron chi connectivity index (χ1n) is 8.10. The molecule has 1 aliphatic carbocycles. The van der Waals surface area contributed by atoms with Crippen molar-refractivity contribution < 1.29 is 9.21 Å². The maximum absolute atomic E-state index is 12.5. The molecule has 3 aromatic rings. The standard InChI is InChI=1S/C20H18N2O2/c1-22(17-11-10-14-6-2-3-7-15(14)17)20(23)13-12-19-21-16-8-4-5-9-18(16)24-19/h2-9,12-13,17H,10-11H2,1H3/b13-12+. The maximum atomic E-state index is 12.5. The number of nitrogens with zero attached hydrogens (tertiary/aromatic N) is 2. The van der Waals surface area contributed by atoms with Crippen LogP contribution in [-0.4, -0.2) is 22.8 Å². The quantitative estimate of drug-likeness (QED) is 0.686. The summed E-state index contributed by atoms with van der Waals surface area (Å²) in [6.07, 6.45) is 5.16. The number of rotatable bonds is 3. The Labute approximate surface area is 140 Å². The molecule has 2 aromatic carbocycles. The zero-order valence-corrected chi connectivity index (χ0v) is 13.5. The minimum atomic E-state index is -0.0426. The molecule has 1 amide bonds. The highest BCUT2D eigenvalue weighted by Crippen LogP contribution is 2.34. The van der Waals surface area contributed by atoms with Crippen LogP contribution in [0.1, 0.15) is 29.5 Å². The molecular weight excluding hydrogens is 300 g/mol. The first kappa shape index (κ1) is 14.7. The van der Waals surface area contributed by atoms with Crippen LogP contribution in [0.15, 0.2) is 59.0 Å². The van der Waals surface area contributed by atoms with Crippen LogP contribution in [0.25, 0.3) is 17.2 Å². The molecule has 4 rings (SSSR count). The minimum absolute atomic E-state index is 0.0426. The zero-order chi connectivity index (χ0) is 16.5. The van der Waals surface area contributed by atoms with E-state index >= 15 is 0 Å². The Hall–Kier alpha value is -2.88. The van der Waals surface area contributed by atoms with Gasteiger partial charge in [-0.2, -0.15) is 0 Å². The maximum Gasteiger partial charge on any atom is 0.247 e. The van der Waals surface area contributed by atoms with Gasteiger partial charge in [-0.25, -0.2) is 4.98 Å². The predicted octanol–water partition coefficient (Wildman–Crippen LogP) is 3.99. The molecule has 0 fully saturated rings. The molecule has 1 aromatic heterocycles. The Morgan fingerprint density at radius 1 is 1.21 bits per heavy atom. The van der Waals surface area contributed by atoms with Crippen LogP contribution in [0.5, 0.6) is 0 Å². The van der Waals surface area contributed by atoms with Gasteiger partial charge in [0.05, 0.1) is 6.04 Å². The Morgan fingerprint density at radius 3 is 2.88 bits per heavy atom. The number of para-hydroxylation sites is 2. The number of likely N-dealkylation sites (N-methyl/N-ethyl adjacent to an activating group) is 1. The molecule has 0 saturated heterocycles. The Morgan fingerprint density at radius 2 is 2.00 bits per heavy atom. The lowest BCUT2D eigenvalue weighted by molar-refractivity contribution is -0.126. The first-order valence-corrected chi connectivity index (χ1v) is 8.10. The summed E-state index contributed by atoms with van der Waals surface area (Å²) in [7, 11) is 1.85. The third-order valence-corrected chi connectivity index (χ3v) is 4.60. The topological polar surface area (TPSA) is 46.3 Å². The fourth-order valence-corrected chi connectivity index (χ4v) is 3.31. The third-order valence-electron chi connectivity index (χ3n) is 4.60. The number of oxazole rings is 1. The van der Waals surface area contributed by atoms with E-state index in [1.54, 1.807) is 11.0 Å². The molecule has 120 valence electrons. The molecule has 1 atom stereocenters. The highest BCUT2D eigenvalue weighted by atomic mass is 16.3. The van der Waals surface area contributed by atoms with Gasteiger partial charge in [0.25, 0.3) is 0 Å². The van der Waals surface area contributed by atoms with Crippen molar-refractivity contribution in [3.63, 3.8) is 0 Å². The zero-order valence-electron chi connectivity index (χ0n) is 13.5. The number of carbonyl (C=O) groups excluding carboxylic acids is 1. The van der Waals surface area contributed by atoms with Crippen LogP contribution in [0, 0.1) is 0 Å². The summed E-state index contributed by atoms with van der Waals surface area (Å²) < 4.78 is 5.61. The van der Waals surface area contributed by atoms with Gasteiger partial charge in [0.15, 0.2) is 5.58 Å². The highest BCUT2D eigenvalue weighted by molar-refractivity contribution is 5.91. The van der Waals surface area contributed by atoms with Gasteiger partial charge in [-0.3, -0.25) is 4.79 Å². The summed E-state index contributed by atoms with van der Waals surface area (Å²) in [6.45, 7) is 0. The second-order valence-electron chi connectivity index (χ2n) is 6.06. The van der Waals surface area contributed by atoms with E-state index in [-0.39, 0.29) is 11.9 Å². The smallest absolute Gasteiger partial charge is 0.247 e. The number of amides is 1. The summed E-state index contributed by atoms with van der Waals surface area (Å²) in [6, 6.07) is 16.0. The fraction of sp³-hybridized carbons (Fsp3) is 0.200. The van der Waals surface area contributed by atoms with Crippen LogP contribution < -0.4 is 0 Å². The van der Waals surface area contributed by atoms with Crippen molar-refractivity contribution in [1.29, 1.82) is 0 Å². The summed E-state index contributed by atoms with van der Waals surface area (Å²) in [5.74, 6) is 0.406. The molecular formula is C20H18N2O2. The molecule has 1 unspecified atom stereocenters. The van der Waals surface area contributed by atoms with Crippen molar-refractivity contribution in [3.8, 4) is 0 Å². The van der Waals surface area contributed by atoms with Gasteiger partial charge in [-0.15, -0.1) is 0 Å². The van der Waals surface area contributed by atoms with Gasteiger partial charge >= 0.3 is 0 Å². The number of benzene rings is 2. The van der Waals surface area contributed by atoms with Crippen molar-refractivity contribution in [1.82, 2.24) is 9.88 Å². The molecule has 0 saturated carbocycles. The van der Waals surface area contributed by atoms with E-state index in [0.29, 0.717) is 5.89 Å². The van der Waals surface area contributed by atoms with Gasteiger partial charge in [0.2, 0.25) is 11.8 Å². The van der Waals surface area contributed by atoms with Crippen LogP contribution in [-0.2, 0) is 11.2 Å². The number of aromatic nitrogens is 1. The highest BCUT2D eigenvalue weighted by Gasteiger charge is 2.27. The average molecular weight is 318 g/mol. The Bertz CT molecular complexity index is 893. The molecule has 1 heterocycles. The summed E-state index contributed by atoms with van der Waals surface area (Å²) in [5, 5.41) is 0. The molecule has 4 nitrogen and oxygen atoms in total. The number of hydrogen-bond donors (Lipinski definition) is 0. The van der Waals surface area contributed by atoms with E-state index in [9.17, 15) is 4.79 Å². The molecule has 0 radical (unpaired) electrons. The third kappa shape index (κ3) is 2.60. The van der Waals surface area contributed by atoms with E-state index in [4.69, 9.17) is 4.42 Å². The lowest BCUT2D eigenvalue weighted by atomic mass is 10.1. The van der Waals surface area contributed by atoms with Crippen molar-refractivity contribution >= 4 is 23.1 Å². The molecule has 4 heteroatoms. The SMILES string of the molecule is CN(C(=O)/C=C/c1nc2ccccc2o1)C1CCc2ccccc21. The molecule has 0 aliphatic heterocycles. The van der Waals surface area contributed by atoms with E-state index in [0.717, 1.165) is 23.9 Å². The van der Waals surface area contributed by atoms with E-state index in [1.165, 1.54) is 17.2 Å². The Kier molecular flexibility index (Phi) is 3.65. The van der Waals surface area contributed by atoms with Gasteiger partial charge in [-0.1, -0.05) is 36.4 Å². The van der Waals surface area contributed by atoms with Gasteiger partial charge < -0.3 is 9.32 Å². The van der Waals surface area contributed by atoms with E-state index < -0.39 is 0 Å². The predicted molar refractivity (Wildman–Crippen MR) is 93.3 cm³/mol. The summed E-state index contributed by atoms with van der Waals surface area (Å²) in [4.78, 5) is 18.6. The fourth-order valence-electron chi connectivity index (χ4n) is 3.31. The normalized spacial score (nSPS) is 16.6. The minimum Gasteiger partial charge on any atom is -0.437 e. The monoisotopic (exact) mass is 318 g/mol. The van der Waals surface area contributed by atoms with Crippen molar-refractivity contribution in [3.05, 3.63) is 71.6 Å². The van der Waals surface area contributed by atoms with Gasteiger partial charge in [0, 0.05) is 19.2 Å². The molecule has 0 bridgehead atoms. The largest absolute Gasteiger partial charge is 0.437 e. The van der Waals surface area contributed by atoms with Gasteiger partial charge in [0.1, 0.15) is 5.52 Å². The molecule has 1 aliphatic rings. The average Bonchev–Trinajstić information content (AvgIpc) is 3.22. The number of fused-ring (bicyclic) bond motifs is 2. The van der Waals surface area contributed by atoms with E-state index in [2.05, 4.69) is 23.2 Å². The van der Waals surface area contributed by atoms with E-state index in [1.807, 2.05) is 37.4 Å². The van der Waals surface area contributed by atoms with Crippen LogP contribution >= 0.6 is 0 Å². The van der Waals surface area contributed by atoms with Crippen molar-refractivity contribution in [2.45, 2.75) is 18.9 Å². The Balaban J connectivity index is 1.51. The second kappa shape index (κ2) is 5.96. The van der Waals surface area contributed by atoms with Crippen molar-refractivity contribution in [2.24, 2.45) is 0 Å². The second-order valence-corrected chi connectivity index (χ2v) is 6.06. The lowest BCUT2D eigenvalue weighted by Crippen LogP contribution is -2.28. The summed E-state index contributed by atoms with van der Waals surface area (Å²) in [5.41, 5.74) is 4.11.